The number of aliphatic hydroxyl groups excluding tert-OH is 1. The van der Waals surface area contributed by atoms with E-state index < -0.39 is 23.1 Å². The number of carbonyl (C=O) groups excluding carboxylic acids is 1. The third-order valence-corrected chi connectivity index (χ3v) is 11.1. The zero-order chi connectivity index (χ0) is 28.4. The van der Waals surface area contributed by atoms with Gasteiger partial charge in [-0.15, -0.1) is 0 Å². The van der Waals surface area contributed by atoms with E-state index in [2.05, 4.69) is 13.0 Å². The van der Waals surface area contributed by atoms with E-state index in [0.29, 0.717) is 37.9 Å². The Morgan fingerprint density at radius 1 is 1.23 bits per heavy atom. The Kier molecular flexibility index (Phi) is 6.59. The summed E-state index contributed by atoms with van der Waals surface area (Å²) in [5.41, 5.74) is 2.04. The average Bonchev–Trinajstić information content (AvgIpc) is 3.44. The molecule has 4 aliphatic rings. The van der Waals surface area contributed by atoms with Crippen LogP contribution in [0.1, 0.15) is 80.4 Å². The van der Waals surface area contributed by atoms with Crippen LogP contribution in [0.15, 0.2) is 36.0 Å². The van der Waals surface area contributed by atoms with Gasteiger partial charge in [0.2, 0.25) is 0 Å². The van der Waals surface area contributed by atoms with E-state index in [1.54, 1.807) is 7.11 Å². The maximum absolute atomic E-state index is 12.7. The maximum atomic E-state index is 12.7. The van der Waals surface area contributed by atoms with Crippen molar-refractivity contribution >= 4 is 17.8 Å². The van der Waals surface area contributed by atoms with Crippen molar-refractivity contribution in [3.8, 4) is 5.69 Å². The Labute approximate surface area is 235 Å². The highest BCUT2D eigenvalue weighted by Gasteiger charge is 2.68. The first kappa shape index (κ1) is 27.4. The van der Waals surface area contributed by atoms with Crippen LogP contribution in [0.5, 0.6) is 0 Å². The Bertz CT molecular complexity index is 1380. The van der Waals surface area contributed by atoms with Crippen LogP contribution >= 0.6 is 0 Å². The number of aliphatic carboxylic acids is 1. The highest BCUT2D eigenvalue weighted by molar-refractivity contribution is 5.96. The molecule has 3 N–H and O–H groups in total. The van der Waals surface area contributed by atoms with Crippen molar-refractivity contribution < 1.29 is 29.6 Å². The number of benzene rings is 1. The maximum Gasteiger partial charge on any atom is 0.336 e. The smallest absolute Gasteiger partial charge is 0.336 e. The highest BCUT2D eigenvalue weighted by Crippen LogP contribution is 2.67. The number of hydrogen-bond donors (Lipinski definition) is 3. The number of ether oxygens (including phenoxy) is 1. The first-order valence-corrected chi connectivity index (χ1v) is 14.6. The van der Waals surface area contributed by atoms with Crippen molar-refractivity contribution in [1.82, 2.24) is 9.78 Å². The number of methoxy groups -OCH3 is 1. The molecule has 0 saturated heterocycles. The first-order valence-electron chi connectivity index (χ1n) is 14.6. The summed E-state index contributed by atoms with van der Waals surface area (Å²) in [6.45, 7) is 4.69. The predicted molar refractivity (Wildman–Crippen MR) is 149 cm³/mol. The molecule has 0 radical (unpaired) electrons. The van der Waals surface area contributed by atoms with Crippen LogP contribution < -0.4 is 0 Å². The minimum absolute atomic E-state index is 0.00808. The number of aromatic nitrogens is 2. The Morgan fingerprint density at radius 3 is 2.77 bits per heavy atom. The molecule has 0 spiro atoms. The number of allylic oxidation sites excluding steroid dienone is 1. The molecular weight excluding hydrogens is 508 g/mol. The fraction of sp³-hybridized carbons (Fsp3) is 0.594. The molecule has 7 atom stereocenters. The fourth-order valence-corrected chi connectivity index (χ4v) is 9.08. The minimum atomic E-state index is -1.79. The third kappa shape index (κ3) is 3.86. The van der Waals surface area contributed by atoms with Crippen LogP contribution in [0, 0.1) is 28.6 Å². The lowest BCUT2D eigenvalue weighted by Crippen LogP contribution is -2.61. The second kappa shape index (κ2) is 9.64. The van der Waals surface area contributed by atoms with Gasteiger partial charge in [-0.1, -0.05) is 31.6 Å². The number of hydrogen-bond acceptors (Lipinski definition) is 6. The van der Waals surface area contributed by atoms with Crippen molar-refractivity contribution in [2.45, 2.75) is 76.9 Å². The highest BCUT2D eigenvalue weighted by atomic mass is 16.5. The largest absolute Gasteiger partial charge is 0.479 e. The summed E-state index contributed by atoms with van der Waals surface area (Å²) in [5, 5.41) is 37.5. The van der Waals surface area contributed by atoms with E-state index in [1.165, 1.54) is 5.57 Å². The van der Waals surface area contributed by atoms with Crippen molar-refractivity contribution in [3.05, 3.63) is 52.9 Å². The number of aliphatic hydroxyl groups is 2. The SMILES string of the molecule is COCCCC(=O)c1cccc(-n2ncc3c2C=C2CC[C@@H]4[C@H]([C@@H](O)C[C@@]5(C)[C@H]4CC[C@]5(O)C(=O)O)[C@@]2(C)C3)c1. The molecular formula is C32H40N2O6. The summed E-state index contributed by atoms with van der Waals surface area (Å²) in [4.78, 5) is 24.9. The van der Waals surface area contributed by atoms with Crippen LogP contribution in [0.4, 0.5) is 0 Å². The summed E-state index contributed by atoms with van der Waals surface area (Å²) < 4.78 is 7.00. The predicted octanol–water partition coefficient (Wildman–Crippen LogP) is 4.45. The molecule has 4 aliphatic carbocycles. The van der Waals surface area contributed by atoms with Crippen molar-refractivity contribution in [1.29, 1.82) is 0 Å². The number of nitrogens with zero attached hydrogens (tertiary/aromatic N) is 2. The van der Waals surface area contributed by atoms with E-state index in [-0.39, 0.29) is 35.4 Å². The number of ketones is 1. The molecule has 8 heteroatoms. The van der Waals surface area contributed by atoms with Crippen LogP contribution in [0.3, 0.4) is 0 Å². The van der Waals surface area contributed by atoms with Gasteiger partial charge < -0.3 is 20.1 Å². The van der Waals surface area contributed by atoms with Crippen LogP contribution in [0.2, 0.25) is 0 Å². The lowest BCUT2D eigenvalue weighted by atomic mass is 9.45. The Balaban J connectivity index is 1.30. The Hall–Kier alpha value is -2.81. The van der Waals surface area contributed by atoms with E-state index >= 15 is 0 Å². The molecule has 214 valence electrons. The molecule has 8 nitrogen and oxygen atoms in total. The number of fused-ring (bicyclic) bond motifs is 6. The van der Waals surface area contributed by atoms with E-state index in [4.69, 9.17) is 9.84 Å². The molecule has 3 fully saturated rings. The van der Waals surface area contributed by atoms with Gasteiger partial charge in [0, 0.05) is 31.1 Å². The molecule has 0 unspecified atom stereocenters. The molecule has 0 bridgehead atoms. The molecule has 1 aromatic carbocycles. The summed E-state index contributed by atoms with van der Waals surface area (Å²) in [7, 11) is 1.64. The van der Waals surface area contributed by atoms with Crippen LogP contribution in [0.25, 0.3) is 11.8 Å². The van der Waals surface area contributed by atoms with Gasteiger partial charge in [0.1, 0.15) is 0 Å². The summed E-state index contributed by atoms with van der Waals surface area (Å²) in [6.07, 6.45) is 8.25. The molecule has 1 aromatic heterocycles. The summed E-state index contributed by atoms with van der Waals surface area (Å²) in [5.74, 6) is -0.869. The average molecular weight is 549 g/mol. The summed E-state index contributed by atoms with van der Waals surface area (Å²) in [6, 6.07) is 7.62. The quantitative estimate of drug-likeness (QED) is 0.345. The lowest BCUT2D eigenvalue weighted by molar-refractivity contribution is -0.193. The number of rotatable bonds is 7. The number of carboxylic acids is 1. The molecule has 2 aromatic rings. The molecule has 40 heavy (non-hydrogen) atoms. The van der Waals surface area contributed by atoms with Gasteiger partial charge >= 0.3 is 5.97 Å². The zero-order valence-corrected chi connectivity index (χ0v) is 23.6. The molecule has 3 saturated carbocycles. The fourth-order valence-electron chi connectivity index (χ4n) is 9.08. The normalized spacial score (nSPS) is 36.2. The van der Waals surface area contributed by atoms with Crippen LogP contribution in [-0.2, 0) is 16.0 Å². The molecule has 1 heterocycles. The van der Waals surface area contributed by atoms with Gasteiger partial charge in [-0.05, 0) is 91.9 Å². The second-order valence-electron chi connectivity index (χ2n) is 13.0. The second-order valence-corrected chi connectivity index (χ2v) is 13.0. The lowest BCUT2D eigenvalue weighted by Gasteiger charge is -2.60. The molecule has 6 rings (SSSR count). The molecule has 0 amide bonds. The number of Topliss-reactive ketones (excluding diaryl/α,β-unsaturated/α-hetero) is 1. The van der Waals surface area contributed by atoms with Crippen molar-refractivity contribution in [3.63, 3.8) is 0 Å². The van der Waals surface area contributed by atoms with Crippen molar-refractivity contribution in [2.24, 2.45) is 28.6 Å². The standard InChI is InChI=1S/C32H40N2O6/c1-30-16-20-18-33-34(22-7-4-6-19(14-22)26(35)8-5-13-40-3)25(20)15-21(30)9-10-23-24-11-12-32(39,29(37)38)31(24,2)17-27(36)28(23)30/h4,6-7,14-15,18,23-24,27-28,36,39H,5,8-13,16-17H2,1-3H3,(H,37,38)/t23-,24-,27-,28+,30-,31-,32-/m0/s1. The van der Waals surface area contributed by atoms with E-state index in [1.807, 2.05) is 42.1 Å². The van der Waals surface area contributed by atoms with Crippen molar-refractivity contribution in [2.75, 3.05) is 13.7 Å². The van der Waals surface area contributed by atoms with Gasteiger partial charge in [-0.2, -0.15) is 5.10 Å². The Morgan fingerprint density at radius 2 is 2.02 bits per heavy atom. The number of carboxylic acid groups (broad SMARTS) is 1. The summed E-state index contributed by atoms with van der Waals surface area (Å²) >= 11 is 0. The van der Waals surface area contributed by atoms with Gasteiger partial charge in [-0.3, -0.25) is 4.79 Å². The van der Waals surface area contributed by atoms with E-state index in [9.17, 15) is 24.9 Å². The topological polar surface area (TPSA) is 122 Å². The van der Waals surface area contributed by atoms with Gasteiger partial charge in [0.05, 0.1) is 23.7 Å². The van der Waals surface area contributed by atoms with Gasteiger partial charge in [0.15, 0.2) is 11.4 Å². The zero-order valence-electron chi connectivity index (χ0n) is 23.6. The van der Waals surface area contributed by atoms with E-state index in [0.717, 1.165) is 36.2 Å². The van der Waals surface area contributed by atoms with Crippen LogP contribution in [-0.4, -0.2) is 62.3 Å². The number of carbonyl (C=O) groups is 2. The van der Waals surface area contributed by atoms with Gasteiger partial charge in [0.25, 0.3) is 0 Å². The minimum Gasteiger partial charge on any atom is -0.479 e. The first-order chi connectivity index (χ1) is 19.0. The van der Waals surface area contributed by atoms with Gasteiger partial charge in [-0.25, -0.2) is 9.48 Å². The molecule has 0 aliphatic heterocycles. The monoisotopic (exact) mass is 548 g/mol. The third-order valence-electron chi connectivity index (χ3n) is 11.1.